The maximum absolute atomic E-state index is 12.9. The summed E-state index contributed by atoms with van der Waals surface area (Å²) in [5, 5.41) is 8.49. The molecule has 49 heavy (non-hydrogen) atoms. The summed E-state index contributed by atoms with van der Waals surface area (Å²) >= 11 is 0. The largest absolute Gasteiger partial charge is 0.333 e. The Bertz CT molecular complexity index is 2270. The van der Waals surface area contributed by atoms with E-state index in [9.17, 15) is 26.4 Å². The fourth-order valence-corrected chi connectivity index (χ4v) is 7.62. The van der Waals surface area contributed by atoms with Crippen molar-refractivity contribution in [3.63, 3.8) is 0 Å². The van der Waals surface area contributed by atoms with Gasteiger partial charge in [-0.25, -0.2) is 35.9 Å². The molecule has 0 aliphatic rings. The molecule has 0 unspecified atom stereocenters. The highest BCUT2D eigenvalue weighted by Crippen LogP contribution is 2.25. The normalized spacial score (nSPS) is 11.6. The monoisotopic (exact) mass is 692 g/mol. The zero-order valence-corrected chi connectivity index (χ0v) is 28.2. The Morgan fingerprint density at radius 2 is 0.878 bits per heavy atom. The van der Waals surface area contributed by atoms with E-state index in [-0.39, 0.29) is 9.79 Å². The number of amides is 4. The molecule has 6 aromatic rings. The van der Waals surface area contributed by atoms with Crippen molar-refractivity contribution in [1.29, 1.82) is 0 Å². The number of sulfonamides is 2. The standard InChI is InChI=1S/C37H32N4O6S2/c1-24-19-32(22-28-7-3-5-9-34(24)28)48(44,45)40-36(42)38-30-15-11-26(12-16-30)21-27-13-17-31(18-14-27)39-37(43)41-49(46,47)33-20-25(2)35-10-6-4-8-29(35)23-33/h3-20,22-23H,21H2,1-2H3,(H2,38,40,42)(H2,39,41,43). The Morgan fingerprint density at radius 3 is 1.27 bits per heavy atom. The Balaban J connectivity index is 1.02. The van der Waals surface area contributed by atoms with Crippen molar-refractivity contribution in [3.8, 4) is 0 Å². The molecule has 0 saturated carbocycles. The highest BCUT2D eigenvalue weighted by molar-refractivity contribution is 7.90. The maximum atomic E-state index is 12.9. The number of aryl methyl sites for hydroxylation is 2. The van der Waals surface area contributed by atoms with E-state index in [4.69, 9.17) is 0 Å². The van der Waals surface area contributed by atoms with Crippen molar-refractivity contribution in [2.75, 3.05) is 10.6 Å². The van der Waals surface area contributed by atoms with E-state index in [2.05, 4.69) is 20.1 Å². The Labute approximate surface area is 284 Å². The summed E-state index contributed by atoms with van der Waals surface area (Å²) in [4.78, 5) is 25.1. The number of benzene rings is 6. The molecule has 12 heteroatoms. The Kier molecular flexibility index (Phi) is 9.09. The number of urea groups is 2. The lowest BCUT2D eigenvalue weighted by atomic mass is 10.0. The zero-order valence-electron chi connectivity index (χ0n) is 26.5. The summed E-state index contributed by atoms with van der Waals surface area (Å²) in [5.41, 5.74) is 4.21. The third-order valence-electron chi connectivity index (χ3n) is 7.99. The summed E-state index contributed by atoms with van der Waals surface area (Å²) in [6.07, 6.45) is 0.532. The first kappa shape index (κ1) is 33.2. The van der Waals surface area contributed by atoms with E-state index < -0.39 is 32.1 Å². The van der Waals surface area contributed by atoms with Gasteiger partial charge in [0.2, 0.25) is 0 Å². The van der Waals surface area contributed by atoms with Crippen molar-refractivity contribution in [1.82, 2.24) is 9.44 Å². The highest BCUT2D eigenvalue weighted by atomic mass is 32.2. The average Bonchev–Trinajstić information content (AvgIpc) is 3.06. The molecule has 0 atom stereocenters. The lowest BCUT2D eigenvalue weighted by molar-refractivity contribution is 0.255. The van der Waals surface area contributed by atoms with Gasteiger partial charge in [0, 0.05) is 11.4 Å². The first-order valence-electron chi connectivity index (χ1n) is 15.2. The number of carbonyl (C=O) groups excluding carboxylic acids is 2. The van der Waals surface area contributed by atoms with Gasteiger partial charge in [-0.3, -0.25) is 0 Å². The number of carbonyl (C=O) groups is 2. The van der Waals surface area contributed by atoms with Gasteiger partial charge in [-0.1, -0.05) is 72.8 Å². The molecule has 0 heterocycles. The van der Waals surface area contributed by atoms with Gasteiger partial charge in [0.05, 0.1) is 9.79 Å². The van der Waals surface area contributed by atoms with Crippen LogP contribution >= 0.6 is 0 Å². The maximum Gasteiger partial charge on any atom is 0.333 e. The predicted octanol–water partition coefficient (Wildman–Crippen LogP) is 7.22. The van der Waals surface area contributed by atoms with E-state index in [1.807, 2.05) is 62.4 Å². The second-order valence-corrected chi connectivity index (χ2v) is 15.0. The molecule has 4 amide bonds. The summed E-state index contributed by atoms with van der Waals surface area (Å²) in [6.45, 7) is 3.63. The first-order valence-corrected chi connectivity index (χ1v) is 18.2. The molecule has 0 aliphatic carbocycles. The van der Waals surface area contributed by atoms with Gasteiger partial charge < -0.3 is 10.6 Å². The minimum Gasteiger partial charge on any atom is -0.307 e. The van der Waals surface area contributed by atoms with E-state index in [1.54, 1.807) is 48.5 Å². The van der Waals surface area contributed by atoms with Crippen LogP contribution in [0.15, 0.2) is 131 Å². The number of hydrogen-bond donors (Lipinski definition) is 4. The molecule has 0 aliphatic heterocycles. The van der Waals surface area contributed by atoms with Crippen LogP contribution in [0.2, 0.25) is 0 Å². The average molecular weight is 693 g/mol. The van der Waals surface area contributed by atoms with Crippen molar-refractivity contribution < 1.29 is 26.4 Å². The summed E-state index contributed by atoms with van der Waals surface area (Å²) in [5.74, 6) is 0. The molecule has 0 aromatic heterocycles. The van der Waals surface area contributed by atoms with Crippen LogP contribution in [0.1, 0.15) is 22.3 Å². The molecule has 0 spiro atoms. The quantitative estimate of drug-likeness (QED) is 0.132. The molecule has 0 bridgehead atoms. The fraction of sp³-hybridized carbons (Fsp3) is 0.0811. The fourth-order valence-electron chi connectivity index (χ4n) is 5.57. The van der Waals surface area contributed by atoms with Crippen LogP contribution in [0.25, 0.3) is 21.5 Å². The zero-order chi connectivity index (χ0) is 34.8. The minimum absolute atomic E-state index is 0.00262. The predicted molar refractivity (Wildman–Crippen MR) is 192 cm³/mol. The molecule has 0 fully saturated rings. The number of nitrogens with one attached hydrogen (secondary N) is 4. The van der Waals surface area contributed by atoms with Gasteiger partial charge in [0.25, 0.3) is 20.0 Å². The third-order valence-corrected chi connectivity index (χ3v) is 10.6. The van der Waals surface area contributed by atoms with Crippen LogP contribution in [-0.2, 0) is 26.5 Å². The Morgan fingerprint density at radius 1 is 0.510 bits per heavy atom. The molecule has 0 radical (unpaired) electrons. The number of fused-ring (bicyclic) bond motifs is 2. The van der Waals surface area contributed by atoms with Crippen molar-refractivity contribution in [3.05, 3.63) is 144 Å². The van der Waals surface area contributed by atoms with Crippen molar-refractivity contribution >= 4 is 65.0 Å². The third kappa shape index (κ3) is 7.72. The summed E-state index contributed by atoms with van der Waals surface area (Å²) in [7, 11) is -8.21. The number of rotatable bonds is 8. The number of anilines is 2. The van der Waals surface area contributed by atoms with Crippen molar-refractivity contribution in [2.45, 2.75) is 30.1 Å². The molecule has 0 saturated heterocycles. The molecular weight excluding hydrogens is 661 g/mol. The van der Waals surface area contributed by atoms with Crippen LogP contribution in [0.5, 0.6) is 0 Å². The molecule has 248 valence electrons. The topological polar surface area (TPSA) is 151 Å². The van der Waals surface area contributed by atoms with Gasteiger partial charge >= 0.3 is 12.1 Å². The van der Waals surface area contributed by atoms with E-state index in [1.165, 1.54) is 24.3 Å². The van der Waals surface area contributed by atoms with Crippen molar-refractivity contribution in [2.24, 2.45) is 0 Å². The van der Waals surface area contributed by atoms with Gasteiger partial charge in [-0.05, 0) is 113 Å². The highest BCUT2D eigenvalue weighted by Gasteiger charge is 2.20. The second kappa shape index (κ2) is 13.4. The first-order chi connectivity index (χ1) is 23.4. The van der Waals surface area contributed by atoms with E-state index >= 15 is 0 Å². The lowest BCUT2D eigenvalue weighted by Crippen LogP contribution is -2.34. The van der Waals surface area contributed by atoms with Gasteiger partial charge in [0.1, 0.15) is 0 Å². The van der Waals surface area contributed by atoms with E-state index in [0.29, 0.717) is 17.8 Å². The summed E-state index contributed by atoms with van der Waals surface area (Å²) in [6, 6.07) is 33.1. The molecule has 6 aromatic carbocycles. The Hall–Kier alpha value is -5.72. The van der Waals surface area contributed by atoms with Crippen LogP contribution in [0.4, 0.5) is 21.0 Å². The molecule has 4 N–H and O–H groups in total. The molecular formula is C37H32N4O6S2. The SMILES string of the molecule is Cc1cc(S(=O)(=O)NC(=O)Nc2ccc(Cc3ccc(NC(=O)NS(=O)(=O)c4cc(C)c5ccccc5c4)cc3)cc2)cc2ccccc12. The summed E-state index contributed by atoms with van der Waals surface area (Å²) < 4.78 is 55.8. The van der Waals surface area contributed by atoms with Gasteiger partial charge in [0.15, 0.2) is 0 Å². The molecule has 10 nitrogen and oxygen atoms in total. The number of hydrogen-bond acceptors (Lipinski definition) is 6. The van der Waals surface area contributed by atoms with E-state index in [0.717, 1.165) is 43.8 Å². The van der Waals surface area contributed by atoms with Crippen LogP contribution in [-0.4, -0.2) is 28.9 Å². The van der Waals surface area contributed by atoms with Crippen LogP contribution < -0.4 is 20.1 Å². The second-order valence-electron chi connectivity index (χ2n) is 11.6. The lowest BCUT2D eigenvalue weighted by Gasteiger charge is -2.12. The molecule has 6 rings (SSSR count). The minimum atomic E-state index is -4.11. The van der Waals surface area contributed by atoms with Crippen LogP contribution in [0, 0.1) is 13.8 Å². The van der Waals surface area contributed by atoms with Crippen LogP contribution in [0.3, 0.4) is 0 Å². The van der Waals surface area contributed by atoms with Gasteiger partial charge in [-0.15, -0.1) is 0 Å². The van der Waals surface area contributed by atoms with Gasteiger partial charge in [-0.2, -0.15) is 0 Å². The smallest absolute Gasteiger partial charge is 0.307 e.